The molecule has 0 saturated carbocycles. The number of benzene rings is 1. The van der Waals surface area contributed by atoms with E-state index in [0.717, 1.165) is 27.8 Å². The number of aromatic nitrogens is 3. The first-order valence-corrected chi connectivity index (χ1v) is 6.11. The number of hydrogen-bond acceptors (Lipinski definition) is 2. The average molecular weight is 436 g/mol. The van der Waals surface area contributed by atoms with Crippen molar-refractivity contribution in [3.05, 3.63) is 67.1 Å². The van der Waals surface area contributed by atoms with E-state index in [2.05, 4.69) is 32.6 Å². The molecule has 3 aromatic heterocycles. The van der Waals surface area contributed by atoms with Crippen molar-refractivity contribution in [3.63, 3.8) is 0 Å². The summed E-state index contributed by atoms with van der Waals surface area (Å²) in [7, 11) is 0. The van der Waals surface area contributed by atoms with Crippen LogP contribution in [-0.4, -0.2) is 14.4 Å². The summed E-state index contributed by atoms with van der Waals surface area (Å²) in [5, 5.41) is 2.18. The Hall–Kier alpha value is -2.03. The quantitative estimate of drug-likeness (QED) is 0.429. The molecular formula is C16H10IrN3-. The summed E-state index contributed by atoms with van der Waals surface area (Å²) >= 11 is 0. The van der Waals surface area contributed by atoms with Gasteiger partial charge in [-0.05, 0) is 18.3 Å². The van der Waals surface area contributed by atoms with Gasteiger partial charge in [0, 0.05) is 32.5 Å². The molecule has 4 aromatic rings. The molecule has 0 amide bonds. The number of rotatable bonds is 1. The number of pyridine rings is 2. The SMILES string of the molecule is [Ir].[c-]1cccc2ccn3c(-c4ccccn4)cnc3c12. The van der Waals surface area contributed by atoms with Gasteiger partial charge in [-0.25, -0.2) is 0 Å². The van der Waals surface area contributed by atoms with Gasteiger partial charge in [-0.15, -0.1) is 35.0 Å². The molecule has 99 valence electrons. The van der Waals surface area contributed by atoms with Gasteiger partial charge in [0.15, 0.2) is 0 Å². The fourth-order valence-corrected chi connectivity index (χ4v) is 2.34. The molecule has 0 aliphatic heterocycles. The van der Waals surface area contributed by atoms with Crippen LogP contribution in [0.1, 0.15) is 0 Å². The molecular weight excluding hydrogens is 426 g/mol. The predicted molar refractivity (Wildman–Crippen MR) is 74.8 cm³/mol. The fraction of sp³-hybridized carbons (Fsp3) is 0. The van der Waals surface area contributed by atoms with Gasteiger partial charge in [0.05, 0.1) is 17.0 Å². The van der Waals surface area contributed by atoms with Crippen LogP contribution in [0.2, 0.25) is 0 Å². The molecule has 0 aliphatic carbocycles. The topological polar surface area (TPSA) is 30.2 Å². The van der Waals surface area contributed by atoms with Crippen LogP contribution >= 0.6 is 0 Å². The summed E-state index contributed by atoms with van der Waals surface area (Å²) in [6.07, 6.45) is 5.68. The van der Waals surface area contributed by atoms with Crippen molar-refractivity contribution in [1.29, 1.82) is 0 Å². The minimum Gasteiger partial charge on any atom is -0.339 e. The van der Waals surface area contributed by atoms with Crippen molar-refractivity contribution >= 4 is 16.4 Å². The molecule has 3 nitrogen and oxygen atoms in total. The second-order valence-corrected chi connectivity index (χ2v) is 4.37. The maximum absolute atomic E-state index is 4.51. The molecule has 0 aliphatic rings. The van der Waals surface area contributed by atoms with E-state index in [0.29, 0.717) is 0 Å². The van der Waals surface area contributed by atoms with E-state index in [9.17, 15) is 0 Å². The van der Waals surface area contributed by atoms with Gasteiger partial charge < -0.3 is 4.40 Å². The predicted octanol–water partition coefficient (Wildman–Crippen LogP) is 3.35. The molecule has 0 spiro atoms. The van der Waals surface area contributed by atoms with Crippen molar-refractivity contribution in [2.24, 2.45) is 0 Å². The third-order valence-electron chi connectivity index (χ3n) is 3.24. The zero-order valence-electron chi connectivity index (χ0n) is 10.4. The number of imidazole rings is 1. The van der Waals surface area contributed by atoms with Crippen LogP contribution in [0.15, 0.2) is 61.1 Å². The summed E-state index contributed by atoms with van der Waals surface area (Å²) in [5.74, 6) is 0. The molecule has 0 saturated heterocycles. The molecule has 0 unspecified atom stereocenters. The molecule has 4 rings (SSSR count). The fourth-order valence-electron chi connectivity index (χ4n) is 2.34. The molecule has 3 heterocycles. The van der Waals surface area contributed by atoms with Crippen LogP contribution < -0.4 is 0 Å². The molecule has 20 heavy (non-hydrogen) atoms. The van der Waals surface area contributed by atoms with E-state index in [1.807, 2.05) is 42.7 Å². The molecule has 0 fully saturated rings. The molecule has 1 aromatic carbocycles. The number of nitrogens with zero attached hydrogens (tertiary/aromatic N) is 3. The second kappa shape index (κ2) is 5.16. The Morgan fingerprint density at radius 3 is 2.80 bits per heavy atom. The van der Waals surface area contributed by atoms with Crippen LogP contribution in [0.3, 0.4) is 0 Å². The van der Waals surface area contributed by atoms with Crippen molar-refractivity contribution in [2.75, 3.05) is 0 Å². The Kier molecular flexibility index (Phi) is 3.35. The van der Waals surface area contributed by atoms with E-state index >= 15 is 0 Å². The Bertz CT molecular complexity index is 869. The normalized spacial score (nSPS) is 10.6. The maximum Gasteiger partial charge on any atom is 0.0878 e. The third-order valence-corrected chi connectivity index (χ3v) is 3.24. The monoisotopic (exact) mass is 437 g/mol. The number of fused-ring (bicyclic) bond motifs is 3. The van der Waals surface area contributed by atoms with Crippen LogP contribution in [0, 0.1) is 6.07 Å². The molecule has 4 heteroatoms. The Morgan fingerprint density at radius 2 is 1.95 bits per heavy atom. The van der Waals surface area contributed by atoms with Gasteiger partial charge in [0.1, 0.15) is 0 Å². The summed E-state index contributed by atoms with van der Waals surface area (Å²) in [4.78, 5) is 8.90. The van der Waals surface area contributed by atoms with E-state index in [-0.39, 0.29) is 20.1 Å². The van der Waals surface area contributed by atoms with Gasteiger partial charge in [0.2, 0.25) is 0 Å². The van der Waals surface area contributed by atoms with Crippen molar-refractivity contribution in [1.82, 2.24) is 14.4 Å². The maximum atomic E-state index is 4.51. The second-order valence-electron chi connectivity index (χ2n) is 4.37. The molecule has 0 N–H and O–H groups in total. The van der Waals surface area contributed by atoms with Crippen LogP contribution in [0.5, 0.6) is 0 Å². The zero-order chi connectivity index (χ0) is 12.7. The average Bonchev–Trinajstić information content (AvgIpc) is 2.92. The van der Waals surface area contributed by atoms with E-state index in [4.69, 9.17) is 0 Å². The Labute approximate surface area is 129 Å². The largest absolute Gasteiger partial charge is 0.339 e. The van der Waals surface area contributed by atoms with Gasteiger partial charge in [0.25, 0.3) is 0 Å². The van der Waals surface area contributed by atoms with Crippen LogP contribution in [0.4, 0.5) is 0 Å². The smallest absolute Gasteiger partial charge is 0.0878 e. The Balaban J connectivity index is 0.00000121. The summed E-state index contributed by atoms with van der Waals surface area (Å²) in [5.41, 5.74) is 2.83. The van der Waals surface area contributed by atoms with Gasteiger partial charge in [-0.3, -0.25) is 9.97 Å². The van der Waals surface area contributed by atoms with Crippen LogP contribution in [-0.2, 0) is 20.1 Å². The Morgan fingerprint density at radius 1 is 1.00 bits per heavy atom. The van der Waals surface area contributed by atoms with Crippen LogP contribution in [0.25, 0.3) is 27.8 Å². The standard InChI is InChI=1S/C16H10N3.Ir/c1-2-6-13-12(5-1)8-10-19-15(11-18-16(13)19)14-7-3-4-9-17-14;/h1-5,7-11H;/q-1;. The van der Waals surface area contributed by atoms with Crippen molar-refractivity contribution < 1.29 is 20.1 Å². The number of hydrogen-bond donors (Lipinski definition) is 0. The molecule has 0 bridgehead atoms. The van der Waals surface area contributed by atoms with Crippen molar-refractivity contribution in [2.45, 2.75) is 0 Å². The minimum absolute atomic E-state index is 0. The molecule has 1 radical (unpaired) electrons. The van der Waals surface area contributed by atoms with E-state index in [1.54, 1.807) is 6.20 Å². The summed E-state index contributed by atoms with van der Waals surface area (Å²) in [6.45, 7) is 0. The summed E-state index contributed by atoms with van der Waals surface area (Å²) in [6, 6.07) is 17.2. The minimum atomic E-state index is 0. The molecule has 0 atom stereocenters. The van der Waals surface area contributed by atoms with Gasteiger partial charge in [-0.1, -0.05) is 12.1 Å². The van der Waals surface area contributed by atoms with E-state index < -0.39 is 0 Å². The van der Waals surface area contributed by atoms with Crippen molar-refractivity contribution in [3.8, 4) is 11.4 Å². The summed E-state index contributed by atoms with van der Waals surface area (Å²) < 4.78 is 2.06. The van der Waals surface area contributed by atoms with E-state index in [1.165, 1.54) is 0 Å². The first kappa shape index (κ1) is 13.0. The van der Waals surface area contributed by atoms with Gasteiger partial charge >= 0.3 is 0 Å². The zero-order valence-corrected chi connectivity index (χ0v) is 12.8. The first-order chi connectivity index (χ1) is 9.43. The third kappa shape index (κ3) is 1.94. The first-order valence-electron chi connectivity index (χ1n) is 6.11. The van der Waals surface area contributed by atoms with Gasteiger partial charge in [-0.2, -0.15) is 0 Å².